The molecule has 0 radical (unpaired) electrons. The molecule has 0 aliphatic carbocycles. The van der Waals surface area contributed by atoms with Gasteiger partial charge >= 0.3 is 0 Å². The second-order valence-electron chi connectivity index (χ2n) is 10.1. The van der Waals surface area contributed by atoms with E-state index in [2.05, 4.69) is 24.0 Å². The van der Waals surface area contributed by atoms with Gasteiger partial charge in [0, 0.05) is 43.6 Å². The molecular formula is C30H37N3O5. The van der Waals surface area contributed by atoms with Gasteiger partial charge < -0.3 is 29.0 Å². The number of fused-ring (bicyclic) bond motifs is 5. The molecule has 2 atom stereocenters. The van der Waals surface area contributed by atoms with E-state index >= 15 is 0 Å². The number of aromatic amines is 1. The number of hydrogen-bond acceptors (Lipinski definition) is 5. The third-order valence-electron chi connectivity index (χ3n) is 7.73. The number of benzene rings is 2. The normalized spacial score (nSPS) is 21.0. The number of carbonyl (C=O) groups excluding carboxylic acids is 2. The highest BCUT2D eigenvalue weighted by molar-refractivity contribution is 6.01. The first kappa shape index (κ1) is 26.1. The van der Waals surface area contributed by atoms with E-state index < -0.39 is 5.54 Å². The van der Waals surface area contributed by atoms with E-state index in [1.54, 1.807) is 16.9 Å². The van der Waals surface area contributed by atoms with Crippen LogP contribution in [0.4, 0.5) is 0 Å². The number of rotatable bonds is 10. The second kappa shape index (κ2) is 10.7. The number of amides is 2. The van der Waals surface area contributed by atoms with Crippen LogP contribution < -0.4 is 9.47 Å². The number of aromatic nitrogens is 1. The molecule has 1 fully saturated rings. The molecule has 8 nitrogen and oxygen atoms in total. The van der Waals surface area contributed by atoms with Crippen LogP contribution in [0.5, 0.6) is 11.5 Å². The van der Waals surface area contributed by atoms with Crippen LogP contribution in [0.2, 0.25) is 0 Å². The molecule has 8 heteroatoms. The minimum Gasteiger partial charge on any atom is -0.490 e. The number of ether oxygens (including phenoxy) is 3. The topological polar surface area (TPSA) is 84.1 Å². The highest BCUT2D eigenvalue weighted by Gasteiger charge is 2.56. The summed E-state index contributed by atoms with van der Waals surface area (Å²) in [4.78, 5) is 34.6. The zero-order valence-electron chi connectivity index (χ0n) is 22.7. The third kappa shape index (κ3) is 4.30. The van der Waals surface area contributed by atoms with Crippen LogP contribution in [0.1, 0.15) is 56.4 Å². The molecule has 2 aromatic carbocycles. The van der Waals surface area contributed by atoms with Crippen LogP contribution in [0.3, 0.4) is 0 Å². The maximum atomic E-state index is 14.0. The maximum Gasteiger partial charge on any atom is 0.254 e. The number of nitrogens with zero attached hydrogens (tertiary/aromatic N) is 2. The van der Waals surface area contributed by atoms with Crippen molar-refractivity contribution in [2.45, 2.75) is 45.1 Å². The molecule has 2 aliphatic rings. The van der Waals surface area contributed by atoms with Gasteiger partial charge in [0.15, 0.2) is 17.0 Å². The van der Waals surface area contributed by atoms with Crippen molar-refractivity contribution in [1.29, 1.82) is 0 Å². The van der Waals surface area contributed by atoms with E-state index in [4.69, 9.17) is 14.2 Å². The molecule has 5 rings (SSSR count). The summed E-state index contributed by atoms with van der Waals surface area (Å²) in [6.45, 7) is 8.54. The first-order chi connectivity index (χ1) is 18.4. The van der Waals surface area contributed by atoms with Crippen LogP contribution in [0.25, 0.3) is 10.9 Å². The average molecular weight is 520 g/mol. The first-order valence-electron chi connectivity index (χ1n) is 13.5. The lowest BCUT2D eigenvalue weighted by Crippen LogP contribution is -2.67. The number of carbonyl (C=O) groups is 2. The van der Waals surface area contributed by atoms with Crippen LogP contribution in [-0.4, -0.2) is 73.2 Å². The molecule has 38 heavy (non-hydrogen) atoms. The van der Waals surface area contributed by atoms with E-state index in [1.165, 1.54) is 0 Å². The fourth-order valence-electron chi connectivity index (χ4n) is 5.90. The predicted octanol–water partition coefficient (Wildman–Crippen LogP) is 4.42. The number of para-hydroxylation sites is 1. The average Bonchev–Trinajstić information content (AvgIpc) is 3.32. The summed E-state index contributed by atoms with van der Waals surface area (Å²) >= 11 is 0. The van der Waals surface area contributed by atoms with Crippen molar-refractivity contribution in [3.05, 3.63) is 59.3 Å². The zero-order valence-corrected chi connectivity index (χ0v) is 22.7. The van der Waals surface area contributed by atoms with E-state index in [9.17, 15) is 9.59 Å². The smallest absolute Gasteiger partial charge is 0.254 e. The highest BCUT2D eigenvalue weighted by Crippen LogP contribution is 2.49. The summed E-state index contributed by atoms with van der Waals surface area (Å²) < 4.78 is 17.1. The van der Waals surface area contributed by atoms with Gasteiger partial charge in [0.1, 0.15) is 0 Å². The van der Waals surface area contributed by atoms with Crippen LogP contribution in [0.15, 0.2) is 42.5 Å². The molecule has 1 aromatic heterocycles. The van der Waals surface area contributed by atoms with Gasteiger partial charge in [0.2, 0.25) is 5.91 Å². The molecular weight excluding hydrogens is 482 g/mol. The Hall–Kier alpha value is -3.52. The van der Waals surface area contributed by atoms with Crippen LogP contribution >= 0.6 is 0 Å². The summed E-state index contributed by atoms with van der Waals surface area (Å²) in [5.74, 6) is 1.17. The Morgan fingerprint density at radius 2 is 1.87 bits per heavy atom. The van der Waals surface area contributed by atoms with E-state index in [0.717, 1.165) is 34.1 Å². The minimum atomic E-state index is -1.11. The minimum absolute atomic E-state index is 0.0493. The summed E-state index contributed by atoms with van der Waals surface area (Å²) in [6.07, 6.45) is 1.58. The Morgan fingerprint density at radius 3 is 2.63 bits per heavy atom. The molecule has 1 N–H and O–H groups in total. The first-order valence-corrected chi connectivity index (χ1v) is 13.5. The third-order valence-corrected chi connectivity index (χ3v) is 7.73. The molecule has 0 saturated carbocycles. The van der Waals surface area contributed by atoms with Crippen molar-refractivity contribution >= 4 is 22.7 Å². The fraction of sp³-hybridized carbons (Fsp3) is 0.467. The molecule has 1 saturated heterocycles. The largest absolute Gasteiger partial charge is 0.490 e. The molecule has 0 bridgehead atoms. The second-order valence-corrected chi connectivity index (χ2v) is 10.1. The number of hydrogen-bond donors (Lipinski definition) is 1. The van der Waals surface area contributed by atoms with Crippen LogP contribution in [0, 0.1) is 0 Å². The van der Waals surface area contributed by atoms with Gasteiger partial charge in [0.05, 0.1) is 25.5 Å². The van der Waals surface area contributed by atoms with Gasteiger partial charge in [0.25, 0.3) is 5.91 Å². The Morgan fingerprint density at radius 1 is 1.05 bits per heavy atom. The lowest BCUT2D eigenvalue weighted by Gasteiger charge is -2.51. The van der Waals surface area contributed by atoms with Gasteiger partial charge in [-0.15, -0.1) is 0 Å². The summed E-state index contributed by atoms with van der Waals surface area (Å²) in [6, 6.07) is 14.2. The van der Waals surface area contributed by atoms with Gasteiger partial charge in [-0.1, -0.05) is 31.2 Å². The Kier molecular flexibility index (Phi) is 7.34. The molecule has 0 spiro atoms. The predicted molar refractivity (Wildman–Crippen MR) is 146 cm³/mol. The number of H-pyrrole nitrogens is 1. The monoisotopic (exact) mass is 519 g/mol. The summed E-state index contributed by atoms with van der Waals surface area (Å²) in [7, 11) is 1.64. The Bertz CT molecular complexity index is 1330. The fourth-order valence-corrected chi connectivity index (χ4v) is 5.90. The van der Waals surface area contributed by atoms with Gasteiger partial charge in [-0.3, -0.25) is 9.59 Å². The van der Waals surface area contributed by atoms with Crippen molar-refractivity contribution in [2.24, 2.45) is 0 Å². The van der Waals surface area contributed by atoms with Gasteiger partial charge in [-0.05, 0) is 56.0 Å². The van der Waals surface area contributed by atoms with Crippen molar-refractivity contribution in [3.63, 3.8) is 0 Å². The Labute approximate surface area is 223 Å². The van der Waals surface area contributed by atoms with Crippen LogP contribution in [-0.2, 0) is 19.9 Å². The number of methoxy groups -OCH3 is 1. The molecule has 2 aliphatic heterocycles. The lowest BCUT2D eigenvalue weighted by molar-refractivity contribution is -0.166. The van der Waals surface area contributed by atoms with Gasteiger partial charge in [-0.25, -0.2) is 0 Å². The van der Waals surface area contributed by atoms with Crippen molar-refractivity contribution in [2.75, 3.05) is 46.6 Å². The van der Waals surface area contributed by atoms with E-state index in [1.807, 2.05) is 44.2 Å². The van der Waals surface area contributed by atoms with Crippen molar-refractivity contribution in [3.8, 4) is 11.5 Å². The van der Waals surface area contributed by atoms with Gasteiger partial charge in [-0.2, -0.15) is 0 Å². The zero-order chi connectivity index (χ0) is 26.9. The molecule has 3 heterocycles. The molecule has 3 aromatic rings. The maximum absolute atomic E-state index is 14.0. The quantitative estimate of drug-likeness (QED) is 0.401. The van der Waals surface area contributed by atoms with E-state index in [-0.39, 0.29) is 24.3 Å². The summed E-state index contributed by atoms with van der Waals surface area (Å²) in [5.41, 5.74) is 2.71. The summed E-state index contributed by atoms with van der Waals surface area (Å²) in [5, 5.41) is 1.06. The number of piperazine rings is 1. The molecule has 2 amide bonds. The standard InChI is InChI=1S/C30H37N3O5/c1-5-15-38-24-13-12-20(17-25(24)37-6-2)22-18-33-26(34)19-32(14-9-16-36-4)29(35)30(33,3)28-27(22)21-10-7-8-11-23(21)31-28/h7-8,10-13,17,22,31H,5-6,9,14-16,18-19H2,1-4H3/t22-,30+/m1/s1. The lowest BCUT2D eigenvalue weighted by atomic mass is 9.76. The SMILES string of the molecule is CCCOc1ccc([C@H]2CN3C(=O)CN(CCCOC)C(=O)[C@]3(C)c3[nH]c4ccccc4c32)cc1OCC. The van der Waals surface area contributed by atoms with Crippen molar-refractivity contribution in [1.82, 2.24) is 14.8 Å². The number of nitrogens with one attached hydrogen (secondary N) is 1. The van der Waals surface area contributed by atoms with E-state index in [0.29, 0.717) is 50.8 Å². The molecule has 0 unspecified atom stereocenters. The molecule has 202 valence electrons. The highest BCUT2D eigenvalue weighted by atomic mass is 16.5. The Balaban J connectivity index is 1.63. The van der Waals surface area contributed by atoms with Crippen molar-refractivity contribution < 1.29 is 23.8 Å².